The molecule has 5 aliphatic carbocycles. The molecule has 2 N–H and O–H groups in total. The third-order valence-electron chi connectivity index (χ3n) is 13.9. The van der Waals surface area contributed by atoms with Crippen LogP contribution in [0.15, 0.2) is 30.3 Å². The maximum absolute atomic E-state index is 9.40. The van der Waals surface area contributed by atoms with Crippen molar-refractivity contribution < 1.29 is 9.84 Å². The molecule has 0 saturated heterocycles. The Kier molecular flexibility index (Phi) is 6.75. The van der Waals surface area contributed by atoms with Crippen molar-refractivity contribution in [3.05, 3.63) is 30.3 Å². The van der Waals surface area contributed by atoms with Gasteiger partial charge in [-0.3, -0.25) is 0 Å². The van der Waals surface area contributed by atoms with Crippen molar-refractivity contribution in [3.63, 3.8) is 0 Å². The lowest BCUT2D eigenvalue weighted by Gasteiger charge is -2.72. The van der Waals surface area contributed by atoms with Crippen LogP contribution < -0.4 is 10.1 Å². The summed E-state index contributed by atoms with van der Waals surface area (Å²) in [5, 5.41) is 13.1. The molecule has 3 heteroatoms. The van der Waals surface area contributed by atoms with Crippen LogP contribution in [0.2, 0.25) is 0 Å². The Balaban J connectivity index is 1.24. The van der Waals surface area contributed by atoms with Crippen molar-refractivity contribution in [2.24, 2.45) is 51.2 Å². The third-order valence-corrected chi connectivity index (χ3v) is 13.9. The number of hydrogen-bond donors (Lipinski definition) is 2. The Morgan fingerprint density at radius 1 is 0.838 bits per heavy atom. The molecule has 3 nitrogen and oxygen atoms in total. The summed E-state index contributed by atoms with van der Waals surface area (Å²) in [4.78, 5) is 0. The molecule has 1 aromatic rings. The molecule has 206 valence electrons. The van der Waals surface area contributed by atoms with Crippen LogP contribution in [0.4, 0.5) is 0 Å². The van der Waals surface area contributed by atoms with E-state index in [1.807, 2.05) is 0 Å². The minimum Gasteiger partial charge on any atom is -0.493 e. The first-order valence-electron chi connectivity index (χ1n) is 15.8. The van der Waals surface area contributed by atoms with Gasteiger partial charge < -0.3 is 15.2 Å². The average molecular weight is 508 g/mol. The Morgan fingerprint density at radius 3 is 2.43 bits per heavy atom. The lowest BCUT2D eigenvalue weighted by molar-refractivity contribution is -0.229. The van der Waals surface area contributed by atoms with Crippen LogP contribution in [-0.2, 0) is 0 Å². The predicted molar refractivity (Wildman–Crippen MR) is 151 cm³/mol. The van der Waals surface area contributed by atoms with Gasteiger partial charge >= 0.3 is 0 Å². The summed E-state index contributed by atoms with van der Waals surface area (Å²) in [7, 11) is 0. The van der Waals surface area contributed by atoms with Crippen LogP contribution in [0.5, 0.6) is 5.75 Å². The number of benzene rings is 1. The summed E-state index contributed by atoms with van der Waals surface area (Å²) in [5.41, 5.74) is 1.79. The van der Waals surface area contributed by atoms with Gasteiger partial charge in [-0.1, -0.05) is 52.3 Å². The van der Waals surface area contributed by atoms with Gasteiger partial charge in [-0.15, -0.1) is 0 Å². The van der Waals surface area contributed by atoms with Gasteiger partial charge in [0.1, 0.15) is 5.75 Å². The molecule has 5 saturated carbocycles. The second kappa shape index (κ2) is 9.54. The van der Waals surface area contributed by atoms with Crippen molar-refractivity contribution in [3.8, 4) is 5.75 Å². The summed E-state index contributed by atoms with van der Waals surface area (Å²) >= 11 is 0. The highest BCUT2D eigenvalue weighted by atomic mass is 16.5. The Bertz CT molecular complexity index is 950. The molecule has 37 heavy (non-hydrogen) atoms. The average Bonchev–Trinajstić information content (AvgIpc) is 3.32. The summed E-state index contributed by atoms with van der Waals surface area (Å²) in [5.74, 6) is 5.15. The molecule has 0 radical (unpaired) electrons. The number of fused-ring (bicyclic) bond motifs is 7. The number of nitrogens with one attached hydrogen (secondary N) is 1. The van der Waals surface area contributed by atoms with E-state index >= 15 is 0 Å². The Morgan fingerprint density at radius 2 is 1.65 bits per heavy atom. The van der Waals surface area contributed by atoms with E-state index in [-0.39, 0.29) is 6.61 Å². The number of rotatable bonds is 6. The second-order valence-electron chi connectivity index (χ2n) is 14.9. The fourth-order valence-electron chi connectivity index (χ4n) is 11.9. The highest BCUT2D eigenvalue weighted by Crippen LogP contribution is 2.75. The van der Waals surface area contributed by atoms with Gasteiger partial charge in [0.05, 0.1) is 13.2 Å². The third kappa shape index (κ3) is 3.87. The van der Waals surface area contributed by atoms with E-state index in [0.717, 1.165) is 42.6 Å². The van der Waals surface area contributed by atoms with E-state index in [4.69, 9.17) is 4.74 Å². The van der Waals surface area contributed by atoms with Crippen molar-refractivity contribution in [2.75, 3.05) is 19.8 Å². The van der Waals surface area contributed by atoms with E-state index in [9.17, 15) is 5.11 Å². The fraction of sp³-hybridized carbons (Fsp3) is 0.824. The van der Waals surface area contributed by atoms with E-state index in [0.29, 0.717) is 33.6 Å². The second-order valence-corrected chi connectivity index (χ2v) is 14.9. The van der Waals surface area contributed by atoms with Gasteiger partial charge in [0.25, 0.3) is 0 Å². The van der Waals surface area contributed by atoms with Crippen LogP contribution in [0, 0.1) is 51.2 Å². The van der Waals surface area contributed by atoms with Crippen molar-refractivity contribution in [1.29, 1.82) is 0 Å². The largest absolute Gasteiger partial charge is 0.493 e. The summed E-state index contributed by atoms with van der Waals surface area (Å²) in [6.45, 7) is 12.7. The number of hydrogen-bond acceptors (Lipinski definition) is 3. The van der Waals surface area contributed by atoms with Crippen molar-refractivity contribution in [1.82, 2.24) is 5.32 Å². The molecule has 6 rings (SSSR count). The SMILES string of the molecule is CC1C(NCCO)CCC2(C)C1CCC1(C)C2CCC2C3CCCC3(COc3ccccc3)CCC21C. The number of ether oxygens (including phenoxy) is 1. The molecule has 0 heterocycles. The molecule has 1 aromatic carbocycles. The molecule has 0 aliphatic heterocycles. The molecular formula is C34H53NO2. The van der Waals surface area contributed by atoms with E-state index in [1.165, 1.54) is 70.6 Å². The van der Waals surface area contributed by atoms with E-state index in [1.54, 1.807) is 0 Å². The Hall–Kier alpha value is -1.06. The maximum Gasteiger partial charge on any atom is 0.119 e. The van der Waals surface area contributed by atoms with Gasteiger partial charge in [-0.05, 0) is 122 Å². The molecule has 0 aromatic heterocycles. The first-order valence-corrected chi connectivity index (χ1v) is 15.8. The van der Waals surface area contributed by atoms with E-state index < -0.39 is 0 Å². The molecular weight excluding hydrogens is 454 g/mol. The van der Waals surface area contributed by atoms with Gasteiger partial charge in [0, 0.05) is 18.0 Å². The Labute approximate surface area is 226 Å². The van der Waals surface area contributed by atoms with Crippen LogP contribution >= 0.6 is 0 Å². The molecule has 0 bridgehead atoms. The molecule has 10 unspecified atom stereocenters. The summed E-state index contributed by atoms with van der Waals surface area (Å²) in [6.07, 6.45) is 15.3. The van der Waals surface area contributed by atoms with Crippen LogP contribution in [-0.4, -0.2) is 30.9 Å². The zero-order valence-corrected chi connectivity index (χ0v) is 24.1. The normalized spacial score (nSPS) is 48.9. The minimum atomic E-state index is 0.255. The zero-order valence-electron chi connectivity index (χ0n) is 24.1. The maximum atomic E-state index is 9.40. The first-order chi connectivity index (χ1) is 17.8. The van der Waals surface area contributed by atoms with Crippen LogP contribution in [0.25, 0.3) is 0 Å². The van der Waals surface area contributed by atoms with Gasteiger partial charge in [0.15, 0.2) is 0 Å². The van der Waals surface area contributed by atoms with Crippen molar-refractivity contribution >= 4 is 0 Å². The lowest BCUT2D eigenvalue weighted by atomic mass is 9.33. The fourth-order valence-corrected chi connectivity index (χ4v) is 11.9. The van der Waals surface area contributed by atoms with Crippen LogP contribution in [0.1, 0.15) is 98.3 Å². The number of aliphatic hydroxyl groups excluding tert-OH is 1. The van der Waals surface area contributed by atoms with Gasteiger partial charge in [-0.25, -0.2) is 0 Å². The monoisotopic (exact) mass is 507 g/mol. The number of aliphatic hydroxyl groups is 1. The van der Waals surface area contributed by atoms with Crippen molar-refractivity contribution in [2.45, 2.75) is 104 Å². The first kappa shape index (κ1) is 26.2. The van der Waals surface area contributed by atoms with Gasteiger partial charge in [-0.2, -0.15) is 0 Å². The smallest absolute Gasteiger partial charge is 0.119 e. The minimum absolute atomic E-state index is 0.255. The van der Waals surface area contributed by atoms with Crippen LogP contribution in [0.3, 0.4) is 0 Å². The molecule has 5 fully saturated rings. The summed E-state index contributed by atoms with van der Waals surface area (Å²) in [6, 6.07) is 11.1. The molecule has 0 amide bonds. The topological polar surface area (TPSA) is 41.5 Å². The van der Waals surface area contributed by atoms with E-state index in [2.05, 4.69) is 63.3 Å². The number of para-hydroxylation sites is 1. The quantitative estimate of drug-likeness (QED) is 0.419. The van der Waals surface area contributed by atoms with Gasteiger partial charge in [0.2, 0.25) is 0 Å². The standard InChI is InChI=1S/C34H53NO2/c1-24-26-14-18-33(4)30(31(26,2)17-15-29(24)35-21-22-36)13-12-27-28-11-8-16-34(28,20-19-32(27,33)3)23-37-25-9-6-5-7-10-25/h5-7,9-10,24,26-30,35-36H,8,11-23H2,1-4H3. The molecule has 0 spiro atoms. The zero-order chi connectivity index (χ0) is 25.9. The highest BCUT2D eigenvalue weighted by molar-refractivity contribution is 5.22. The highest BCUT2D eigenvalue weighted by Gasteiger charge is 2.68. The molecule has 5 aliphatic rings. The lowest BCUT2D eigenvalue weighted by Crippen LogP contribution is -2.65. The predicted octanol–water partition coefficient (Wildman–Crippen LogP) is 7.48. The summed E-state index contributed by atoms with van der Waals surface area (Å²) < 4.78 is 6.51. The molecule has 10 atom stereocenters.